The van der Waals surface area contributed by atoms with Crippen molar-refractivity contribution in [3.63, 3.8) is 0 Å². The lowest BCUT2D eigenvalue weighted by molar-refractivity contribution is -0.139. The molecule has 0 radical (unpaired) electrons. The average molecular weight is 332 g/mol. The van der Waals surface area contributed by atoms with Crippen LogP contribution in [-0.2, 0) is 14.3 Å². The number of halogens is 1. The predicted molar refractivity (Wildman–Crippen MR) is 85.9 cm³/mol. The summed E-state index contributed by atoms with van der Waals surface area (Å²) in [5, 5.41) is 0. The van der Waals surface area contributed by atoms with Crippen molar-refractivity contribution in [3.8, 4) is 0 Å². The highest BCUT2D eigenvalue weighted by atomic mass is 19.1. The Balaban J connectivity index is 1.44. The van der Waals surface area contributed by atoms with Crippen molar-refractivity contribution in [3.05, 3.63) is 30.1 Å². The number of amides is 2. The third kappa shape index (κ3) is 2.59. The van der Waals surface area contributed by atoms with E-state index >= 15 is 0 Å². The minimum absolute atomic E-state index is 0.0617. The topological polar surface area (TPSA) is 49.9 Å². The van der Waals surface area contributed by atoms with E-state index in [1.54, 1.807) is 17.0 Å². The first-order valence-electron chi connectivity index (χ1n) is 8.52. The van der Waals surface area contributed by atoms with Gasteiger partial charge in [-0.05, 0) is 43.5 Å². The average Bonchev–Trinajstić information content (AvgIpc) is 3.30. The molecular weight excluding hydrogens is 311 g/mol. The van der Waals surface area contributed by atoms with E-state index in [4.69, 9.17) is 4.74 Å². The van der Waals surface area contributed by atoms with Crippen molar-refractivity contribution in [2.75, 3.05) is 37.7 Å². The zero-order chi connectivity index (χ0) is 16.7. The number of rotatable bonds is 2. The first-order chi connectivity index (χ1) is 11.6. The Kier molecular flexibility index (Phi) is 3.79. The Morgan fingerprint density at radius 1 is 1.21 bits per heavy atom. The van der Waals surface area contributed by atoms with Crippen LogP contribution in [-0.4, -0.2) is 49.6 Å². The smallest absolute Gasteiger partial charge is 0.239 e. The van der Waals surface area contributed by atoms with E-state index in [9.17, 15) is 14.0 Å². The third-order valence-corrected chi connectivity index (χ3v) is 5.58. The minimum atomic E-state index is -0.604. The van der Waals surface area contributed by atoms with Gasteiger partial charge in [0.25, 0.3) is 0 Å². The molecule has 1 aromatic carbocycles. The number of anilines is 1. The van der Waals surface area contributed by atoms with Crippen molar-refractivity contribution in [2.24, 2.45) is 11.3 Å². The number of likely N-dealkylation sites (tertiary alicyclic amines) is 1. The molecule has 24 heavy (non-hydrogen) atoms. The molecule has 3 aliphatic rings. The highest BCUT2D eigenvalue weighted by molar-refractivity contribution is 6.09. The molecule has 0 aliphatic carbocycles. The van der Waals surface area contributed by atoms with Crippen LogP contribution in [0, 0.1) is 17.2 Å². The lowest BCUT2D eigenvalue weighted by Crippen LogP contribution is -2.40. The quantitative estimate of drug-likeness (QED) is 0.776. The summed E-state index contributed by atoms with van der Waals surface area (Å²) >= 11 is 0. The Labute approximate surface area is 140 Å². The molecule has 2 atom stereocenters. The fourth-order valence-corrected chi connectivity index (χ4v) is 4.10. The molecule has 6 heteroatoms. The second kappa shape index (κ2) is 5.84. The number of carbonyl (C=O) groups is 2. The Morgan fingerprint density at radius 3 is 2.71 bits per heavy atom. The summed E-state index contributed by atoms with van der Waals surface area (Å²) in [4.78, 5) is 28.9. The summed E-state index contributed by atoms with van der Waals surface area (Å²) in [5.41, 5.74) is 0.757. The summed E-state index contributed by atoms with van der Waals surface area (Å²) in [5.74, 6) is -1.17. The van der Waals surface area contributed by atoms with E-state index in [0.717, 1.165) is 26.1 Å². The Bertz CT molecular complexity index is 655. The molecule has 128 valence electrons. The number of nitrogens with zero attached hydrogens (tertiary/aromatic N) is 2. The Morgan fingerprint density at radius 2 is 2.00 bits per heavy atom. The van der Waals surface area contributed by atoms with E-state index < -0.39 is 5.92 Å². The summed E-state index contributed by atoms with van der Waals surface area (Å²) in [6.07, 6.45) is 2.48. The zero-order valence-electron chi connectivity index (χ0n) is 13.5. The lowest BCUT2D eigenvalue weighted by atomic mass is 9.87. The van der Waals surface area contributed by atoms with Crippen LogP contribution in [0.5, 0.6) is 0 Å². The van der Waals surface area contributed by atoms with Crippen LogP contribution in [0.25, 0.3) is 0 Å². The van der Waals surface area contributed by atoms with Gasteiger partial charge < -0.3 is 14.5 Å². The first-order valence-corrected chi connectivity index (χ1v) is 8.52. The second-order valence-electron chi connectivity index (χ2n) is 7.12. The molecule has 3 fully saturated rings. The van der Waals surface area contributed by atoms with Crippen molar-refractivity contribution >= 4 is 17.5 Å². The lowest BCUT2D eigenvalue weighted by Gasteiger charge is -2.24. The van der Waals surface area contributed by atoms with Crippen LogP contribution in [0.3, 0.4) is 0 Å². The van der Waals surface area contributed by atoms with E-state index in [-0.39, 0.29) is 23.0 Å². The largest absolute Gasteiger partial charge is 0.381 e. The zero-order valence-corrected chi connectivity index (χ0v) is 13.5. The molecule has 3 heterocycles. The van der Waals surface area contributed by atoms with Crippen molar-refractivity contribution in [2.45, 2.75) is 19.3 Å². The molecular formula is C18H21FN2O3. The molecule has 3 saturated heterocycles. The van der Waals surface area contributed by atoms with Crippen LogP contribution >= 0.6 is 0 Å². The summed E-state index contributed by atoms with van der Waals surface area (Å²) < 4.78 is 18.5. The standard InChI is InChI=1S/C18H21FN2O3/c19-13-1-3-14(4-2-13)21-8-5-15(17(21)23)16(22)20-9-6-18(11-20)7-10-24-12-18/h1-4,15H,5-12H2/t15-,18+/m0/s1. The van der Waals surface area contributed by atoms with E-state index in [0.29, 0.717) is 31.7 Å². The predicted octanol–water partition coefficient (Wildman–Crippen LogP) is 1.82. The monoisotopic (exact) mass is 332 g/mol. The van der Waals surface area contributed by atoms with Crippen LogP contribution < -0.4 is 4.90 Å². The maximum Gasteiger partial charge on any atom is 0.239 e. The van der Waals surface area contributed by atoms with Gasteiger partial charge in [0.1, 0.15) is 11.7 Å². The van der Waals surface area contributed by atoms with Crippen molar-refractivity contribution in [1.82, 2.24) is 4.90 Å². The van der Waals surface area contributed by atoms with Gasteiger partial charge in [0, 0.05) is 37.3 Å². The van der Waals surface area contributed by atoms with E-state index in [1.165, 1.54) is 12.1 Å². The highest BCUT2D eigenvalue weighted by Gasteiger charge is 2.46. The number of ether oxygens (including phenoxy) is 1. The van der Waals surface area contributed by atoms with Crippen molar-refractivity contribution < 1.29 is 18.7 Å². The normalized spacial score (nSPS) is 29.9. The van der Waals surface area contributed by atoms with Gasteiger partial charge in [-0.1, -0.05) is 0 Å². The van der Waals surface area contributed by atoms with Gasteiger partial charge >= 0.3 is 0 Å². The number of benzene rings is 1. The van der Waals surface area contributed by atoms with Gasteiger partial charge in [0.15, 0.2) is 0 Å². The van der Waals surface area contributed by atoms with Gasteiger partial charge in [0.2, 0.25) is 11.8 Å². The molecule has 0 bridgehead atoms. The van der Waals surface area contributed by atoms with Crippen LogP contribution in [0.4, 0.5) is 10.1 Å². The van der Waals surface area contributed by atoms with Crippen molar-refractivity contribution in [1.29, 1.82) is 0 Å². The summed E-state index contributed by atoms with van der Waals surface area (Å²) in [7, 11) is 0. The van der Waals surface area contributed by atoms with Gasteiger partial charge in [-0.2, -0.15) is 0 Å². The fourth-order valence-electron chi connectivity index (χ4n) is 4.10. The minimum Gasteiger partial charge on any atom is -0.381 e. The number of hydrogen-bond acceptors (Lipinski definition) is 3. The highest BCUT2D eigenvalue weighted by Crippen LogP contribution is 2.39. The molecule has 1 aromatic rings. The molecule has 0 aromatic heterocycles. The van der Waals surface area contributed by atoms with Crippen LogP contribution in [0.2, 0.25) is 0 Å². The molecule has 4 rings (SSSR count). The van der Waals surface area contributed by atoms with Crippen LogP contribution in [0.1, 0.15) is 19.3 Å². The number of hydrogen-bond donors (Lipinski definition) is 0. The van der Waals surface area contributed by atoms with E-state index in [2.05, 4.69) is 0 Å². The molecule has 0 unspecified atom stereocenters. The van der Waals surface area contributed by atoms with Gasteiger partial charge in [-0.3, -0.25) is 9.59 Å². The Hall–Kier alpha value is -1.95. The van der Waals surface area contributed by atoms with E-state index in [1.807, 2.05) is 4.90 Å². The molecule has 1 spiro atoms. The maximum atomic E-state index is 13.1. The SMILES string of the molecule is O=C([C@@H]1CCN(c2ccc(F)cc2)C1=O)N1CC[C@@]2(CCOC2)C1. The fraction of sp³-hybridized carbons (Fsp3) is 0.556. The second-order valence-corrected chi connectivity index (χ2v) is 7.12. The molecule has 2 amide bonds. The molecule has 0 N–H and O–H groups in total. The maximum absolute atomic E-state index is 13.1. The van der Waals surface area contributed by atoms with Gasteiger partial charge in [-0.15, -0.1) is 0 Å². The molecule has 3 aliphatic heterocycles. The third-order valence-electron chi connectivity index (χ3n) is 5.58. The molecule has 5 nitrogen and oxygen atoms in total. The summed E-state index contributed by atoms with van der Waals surface area (Å²) in [6, 6.07) is 5.84. The first kappa shape index (κ1) is 15.6. The van der Waals surface area contributed by atoms with Gasteiger partial charge in [0.05, 0.1) is 6.61 Å². The summed E-state index contributed by atoms with van der Waals surface area (Å²) in [6.45, 7) is 3.40. The van der Waals surface area contributed by atoms with Gasteiger partial charge in [-0.25, -0.2) is 4.39 Å². The van der Waals surface area contributed by atoms with Crippen LogP contribution in [0.15, 0.2) is 24.3 Å². The molecule has 0 saturated carbocycles. The number of carbonyl (C=O) groups excluding carboxylic acids is 2.